The van der Waals surface area contributed by atoms with Crippen molar-refractivity contribution in [2.75, 3.05) is 11.9 Å². The number of nitrogens with one attached hydrogen (secondary N) is 1. The maximum atomic E-state index is 14.0. The molecular weight excluding hydrogens is 411 g/mol. The Bertz CT molecular complexity index is 1050. The zero-order valence-corrected chi connectivity index (χ0v) is 18.8. The van der Waals surface area contributed by atoms with Crippen LogP contribution < -0.4 is 10.2 Å². The van der Waals surface area contributed by atoms with Crippen LogP contribution in [0, 0.1) is 17.7 Å². The summed E-state index contributed by atoms with van der Waals surface area (Å²) in [6.07, 6.45) is 4.92. The molecule has 2 aromatic carbocycles. The number of rotatable bonds is 3. The van der Waals surface area contributed by atoms with Gasteiger partial charge in [-0.1, -0.05) is 56.7 Å². The monoisotopic (exact) mass is 438 g/mol. The summed E-state index contributed by atoms with van der Waals surface area (Å²) in [4.78, 5) is 28.6. The zero-order chi connectivity index (χ0) is 22.1. The molecule has 0 unspecified atom stereocenters. The number of halogens is 1. The van der Waals surface area contributed by atoms with Gasteiger partial charge >= 0.3 is 0 Å². The lowest BCUT2D eigenvalue weighted by Gasteiger charge is -2.34. The second-order valence-electron chi connectivity index (χ2n) is 8.53. The largest absolute Gasteiger partial charge is 0.349 e. The first-order valence-electron chi connectivity index (χ1n) is 10.7. The van der Waals surface area contributed by atoms with Crippen LogP contribution in [0.25, 0.3) is 6.08 Å². The van der Waals surface area contributed by atoms with Crippen molar-refractivity contribution in [1.82, 2.24) is 5.32 Å². The normalized spacial score (nSPS) is 24.8. The molecule has 6 heteroatoms. The fourth-order valence-corrected chi connectivity index (χ4v) is 5.39. The lowest BCUT2D eigenvalue weighted by Crippen LogP contribution is -2.43. The molecule has 2 aromatic rings. The Labute approximate surface area is 186 Å². The van der Waals surface area contributed by atoms with Gasteiger partial charge in [-0.15, -0.1) is 0 Å². The summed E-state index contributed by atoms with van der Waals surface area (Å²) in [6, 6.07) is 12.0. The Hall–Kier alpha value is -2.60. The second-order valence-corrected chi connectivity index (χ2v) is 9.61. The molecule has 1 N–H and O–H groups in total. The molecule has 4 nitrogen and oxygen atoms in total. The molecule has 2 amide bonds. The molecule has 1 aliphatic heterocycles. The number of likely N-dealkylation sites (N-methyl/N-ethyl adjacent to an activating group) is 1. The summed E-state index contributed by atoms with van der Waals surface area (Å²) in [5, 5.41) is 3.19. The molecule has 3 atom stereocenters. The summed E-state index contributed by atoms with van der Waals surface area (Å²) in [5.41, 5.74) is 1.62. The molecule has 2 aliphatic rings. The summed E-state index contributed by atoms with van der Waals surface area (Å²) >= 11 is 1.30. The third-order valence-electron chi connectivity index (χ3n) is 6.53. The van der Waals surface area contributed by atoms with Crippen LogP contribution in [0.15, 0.2) is 52.3 Å². The molecule has 0 spiro atoms. The van der Waals surface area contributed by atoms with Crippen LogP contribution in [0.3, 0.4) is 0 Å². The van der Waals surface area contributed by atoms with Crippen LogP contribution in [0.2, 0.25) is 0 Å². The number of fused-ring (bicyclic) bond motifs is 1. The van der Waals surface area contributed by atoms with Crippen molar-refractivity contribution in [3.05, 3.63) is 64.3 Å². The maximum Gasteiger partial charge on any atom is 0.264 e. The Morgan fingerprint density at radius 1 is 1.19 bits per heavy atom. The van der Waals surface area contributed by atoms with Crippen LogP contribution >= 0.6 is 11.8 Å². The Morgan fingerprint density at radius 2 is 1.97 bits per heavy atom. The Kier molecular flexibility index (Phi) is 6.19. The van der Waals surface area contributed by atoms with E-state index in [1.165, 1.54) is 29.1 Å². The van der Waals surface area contributed by atoms with Crippen molar-refractivity contribution in [3.8, 4) is 0 Å². The molecular formula is C25H27FN2O2S. The Morgan fingerprint density at radius 3 is 2.74 bits per heavy atom. The number of nitrogens with zero attached hydrogens (tertiary/aromatic N) is 1. The van der Waals surface area contributed by atoms with Gasteiger partial charge in [-0.05, 0) is 48.6 Å². The average molecular weight is 439 g/mol. The molecule has 162 valence electrons. The highest BCUT2D eigenvalue weighted by atomic mass is 32.2. The average Bonchev–Trinajstić information content (AvgIpc) is 2.76. The molecule has 31 heavy (non-hydrogen) atoms. The first-order valence-corrected chi connectivity index (χ1v) is 11.5. The van der Waals surface area contributed by atoms with Crippen molar-refractivity contribution in [2.24, 2.45) is 11.8 Å². The van der Waals surface area contributed by atoms with Gasteiger partial charge in [-0.25, -0.2) is 4.39 Å². The van der Waals surface area contributed by atoms with Crippen molar-refractivity contribution >= 4 is 35.3 Å². The van der Waals surface area contributed by atoms with Gasteiger partial charge in [0.25, 0.3) is 11.8 Å². The fraction of sp³-hybridized carbons (Fsp3) is 0.360. The smallest absolute Gasteiger partial charge is 0.264 e. The number of hydrogen-bond acceptors (Lipinski definition) is 3. The number of benzene rings is 2. The van der Waals surface area contributed by atoms with Gasteiger partial charge < -0.3 is 10.2 Å². The predicted molar refractivity (Wildman–Crippen MR) is 124 cm³/mol. The summed E-state index contributed by atoms with van der Waals surface area (Å²) in [7, 11) is 1.68. The van der Waals surface area contributed by atoms with E-state index in [1.54, 1.807) is 43.5 Å². The minimum atomic E-state index is -0.366. The SMILES string of the molecule is C[C@@H]1[C@H](C)CCC[C@H]1NC(=O)c1ccc2c(c1)N(C)C(=O)/C(=C/c1ccccc1F)S2. The van der Waals surface area contributed by atoms with E-state index in [1.807, 2.05) is 6.07 Å². The minimum Gasteiger partial charge on any atom is -0.349 e. The summed E-state index contributed by atoms with van der Waals surface area (Å²) in [5.74, 6) is 0.360. The molecule has 1 fully saturated rings. The molecule has 0 radical (unpaired) electrons. The lowest BCUT2D eigenvalue weighted by molar-refractivity contribution is -0.114. The number of carbonyl (C=O) groups is 2. The number of thioether (sulfide) groups is 1. The van der Waals surface area contributed by atoms with Gasteiger partial charge in [0, 0.05) is 29.1 Å². The molecule has 1 heterocycles. The van der Waals surface area contributed by atoms with E-state index < -0.39 is 0 Å². The van der Waals surface area contributed by atoms with Crippen molar-refractivity contribution in [1.29, 1.82) is 0 Å². The lowest BCUT2D eigenvalue weighted by atomic mass is 9.78. The highest BCUT2D eigenvalue weighted by Gasteiger charge is 2.30. The molecule has 1 saturated carbocycles. The van der Waals surface area contributed by atoms with E-state index in [0.29, 0.717) is 33.6 Å². The van der Waals surface area contributed by atoms with Crippen LogP contribution in [0.1, 0.15) is 49.0 Å². The van der Waals surface area contributed by atoms with E-state index in [9.17, 15) is 14.0 Å². The molecule has 1 aliphatic carbocycles. The van der Waals surface area contributed by atoms with Gasteiger partial charge in [-0.3, -0.25) is 9.59 Å². The van der Waals surface area contributed by atoms with Crippen LogP contribution in [0.5, 0.6) is 0 Å². The van der Waals surface area contributed by atoms with Gasteiger partial charge in [-0.2, -0.15) is 0 Å². The first-order chi connectivity index (χ1) is 14.8. The molecule has 4 rings (SSSR count). The van der Waals surface area contributed by atoms with Gasteiger partial charge in [0.1, 0.15) is 5.82 Å². The highest BCUT2D eigenvalue weighted by Crippen LogP contribution is 2.42. The number of amides is 2. The van der Waals surface area contributed by atoms with Crippen LogP contribution in [0.4, 0.5) is 10.1 Å². The highest BCUT2D eigenvalue weighted by molar-refractivity contribution is 8.04. The fourth-order valence-electron chi connectivity index (χ4n) is 4.31. The third kappa shape index (κ3) is 4.40. The van der Waals surface area contributed by atoms with E-state index in [4.69, 9.17) is 0 Å². The van der Waals surface area contributed by atoms with Crippen molar-refractivity contribution in [3.63, 3.8) is 0 Å². The van der Waals surface area contributed by atoms with E-state index in [0.717, 1.165) is 17.7 Å². The third-order valence-corrected chi connectivity index (χ3v) is 7.61. The quantitative estimate of drug-likeness (QED) is 0.645. The number of carbonyl (C=O) groups excluding carboxylic acids is 2. The van der Waals surface area contributed by atoms with Crippen molar-refractivity contribution < 1.29 is 14.0 Å². The second kappa shape index (κ2) is 8.87. The van der Waals surface area contributed by atoms with Crippen molar-refractivity contribution in [2.45, 2.75) is 44.0 Å². The minimum absolute atomic E-state index is 0.104. The molecule has 0 bridgehead atoms. The van der Waals surface area contributed by atoms with Crippen LogP contribution in [-0.2, 0) is 4.79 Å². The zero-order valence-electron chi connectivity index (χ0n) is 18.0. The Balaban J connectivity index is 1.56. The van der Waals surface area contributed by atoms with Gasteiger partial charge in [0.15, 0.2) is 0 Å². The summed E-state index contributed by atoms with van der Waals surface area (Å²) < 4.78 is 14.0. The molecule has 0 aromatic heterocycles. The van der Waals surface area contributed by atoms with E-state index in [-0.39, 0.29) is 23.7 Å². The first kappa shape index (κ1) is 21.6. The van der Waals surface area contributed by atoms with E-state index in [2.05, 4.69) is 19.2 Å². The topological polar surface area (TPSA) is 49.4 Å². The van der Waals surface area contributed by atoms with Crippen LogP contribution in [-0.4, -0.2) is 24.9 Å². The standard InChI is InChI=1S/C25H27FN2O2S/c1-15-7-6-10-20(16(15)2)27-24(29)18-11-12-22-21(13-18)28(3)25(30)23(31-22)14-17-8-4-5-9-19(17)26/h4-5,8-9,11-16,20H,6-7,10H2,1-3H3,(H,27,29)/b23-14-/t15-,16-,20-/m1/s1. The molecule has 0 saturated heterocycles. The predicted octanol–water partition coefficient (Wildman–Crippen LogP) is 5.49. The maximum absolute atomic E-state index is 14.0. The van der Waals surface area contributed by atoms with Gasteiger partial charge in [0.05, 0.1) is 10.6 Å². The van der Waals surface area contributed by atoms with E-state index >= 15 is 0 Å². The summed E-state index contributed by atoms with van der Waals surface area (Å²) in [6.45, 7) is 4.44. The number of hydrogen-bond donors (Lipinski definition) is 1. The van der Waals surface area contributed by atoms with Gasteiger partial charge in [0.2, 0.25) is 0 Å². The number of anilines is 1.